The molecule has 5 heteroatoms. The molecule has 3 rings (SSSR count). The van der Waals surface area contributed by atoms with E-state index in [1.54, 1.807) is 6.92 Å². The lowest BCUT2D eigenvalue weighted by molar-refractivity contribution is 0.101. The summed E-state index contributed by atoms with van der Waals surface area (Å²) in [5.74, 6) is 2.27. The fourth-order valence-electron chi connectivity index (χ4n) is 3.09. The fraction of sp³-hybridized carbons (Fsp3) is 0.421. The average molecular weight is 324 g/mol. The van der Waals surface area contributed by atoms with Crippen LogP contribution in [-0.4, -0.2) is 28.8 Å². The standard InChI is InChI=1S/C19H24N4O/c1-13-6-5-9-23(12-13)19-20-14(2)10-18(22-19)21-17-8-4-7-16(11-17)15(3)24/h4,7-8,10-11,13H,5-6,9,12H2,1-3H3,(H,20,21,22). The maximum Gasteiger partial charge on any atom is 0.227 e. The minimum absolute atomic E-state index is 0.0560. The molecule has 5 nitrogen and oxygen atoms in total. The molecule has 1 aliphatic heterocycles. The molecule has 0 saturated carbocycles. The Labute approximate surface area is 143 Å². The van der Waals surface area contributed by atoms with Crippen LogP contribution in [0.15, 0.2) is 30.3 Å². The largest absolute Gasteiger partial charge is 0.340 e. The van der Waals surface area contributed by atoms with Gasteiger partial charge in [-0.1, -0.05) is 19.1 Å². The third-order valence-electron chi connectivity index (χ3n) is 4.32. The van der Waals surface area contributed by atoms with Gasteiger partial charge in [0.05, 0.1) is 0 Å². The zero-order valence-electron chi connectivity index (χ0n) is 14.5. The SMILES string of the molecule is CC(=O)c1cccc(Nc2cc(C)nc(N3CCCC(C)C3)n2)c1. The Morgan fingerprint density at radius 1 is 1.29 bits per heavy atom. The summed E-state index contributed by atoms with van der Waals surface area (Å²) in [4.78, 5) is 23.1. The lowest BCUT2D eigenvalue weighted by Gasteiger charge is -2.31. The van der Waals surface area contributed by atoms with E-state index in [1.165, 1.54) is 12.8 Å². The molecule has 24 heavy (non-hydrogen) atoms. The van der Waals surface area contributed by atoms with Gasteiger partial charge in [0.25, 0.3) is 0 Å². The van der Waals surface area contributed by atoms with Gasteiger partial charge in [-0.2, -0.15) is 4.98 Å². The van der Waals surface area contributed by atoms with E-state index in [-0.39, 0.29) is 5.78 Å². The highest BCUT2D eigenvalue weighted by atomic mass is 16.1. The Morgan fingerprint density at radius 3 is 2.88 bits per heavy atom. The van der Waals surface area contributed by atoms with Crippen LogP contribution in [-0.2, 0) is 0 Å². The first-order chi connectivity index (χ1) is 11.5. The molecule has 1 aliphatic rings. The second-order valence-electron chi connectivity index (χ2n) is 6.65. The lowest BCUT2D eigenvalue weighted by atomic mass is 10.0. The van der Waals surface area contributed by atoms with E-state index in [0.29, 0.717) is 11.5 Å². The molecule has 1 atom stereocenters. The summed E-state index contributed by atoms with van der Waals surface area (Å²) in [5, 5.41) is 3.30. The van der Waals surface area contributed by atoms with E-state index in [1.807, 2.05) is 37.3 Å². The fourth-order valence-corrected chi connectivity index (χ4v) is 3.09. The van der Waals surface area contributed by atoms with Crippen LogP contribution >= 0.6 is 0 Å². The van der Waals surface area contributed by atoms with Gasteiger partial charge in [-0.15, -0.1) is 0 Å². The van der Waals surface area contributed by atoms with E-state index in [2.05, 4.69) is 27.1 Å². The summed E-state index contributed by atoms with van der Waals surface area (Å²) < 4.78 is 0. The summed E-state index contributed by atoms with van der Waals surface area (Å²) in [6.45, 7) is 7.84. The minimum atomic E-state index is 0.0560. The van der Waals surface area contributed by atoms with Gasteiger partial charge in [-0.05, 0) is 44.7 Å². The topological polar surface area (TPSA) is 58.1 Å². The highest BCUT2D eigenvalue weighted by molar-refractivity contribution is 5.95. The molecule has 2 heterocycles. The molecule has 1 N–H and O–H groups in total. The Balaban J connectivity index is 1.83. The lowest BCUT2D eigenvalue weighted by Crippen LogP contribution is -2.35. The number of piperidine rings is 1. The van der Waals surface area contributed by atoms with Gasteiger partial charge in [0.2, 0.25) is 5.95 Å². The van der Waals surface area contributed by atoms with Crippen molar-refractivity contribution >= 4 is 23.2 Å². The molecule has 0 amide bonds. The van der Waals surface area contributed by atoms with E-state index in [0.717, 1.165) is 36.2 Å². The van der Waals surface area contributed by atoms with E-state index >= 15 is 0 Å². The number of ketones is 1. The highest BCUT2D eigenvalue weighted by Crippen LogP contribution is 2.23. The van der Waals surface area contributed by atoms with Crippen LogP contribution in [0.5, 0.6) is 0 Å². The Hall–Kier alpha value is -2.43. The van der Waals surface area contributed by atoms with Gasteiger partial charge in [0, 0.05) is 36.1 Å². The van der Waals surface area contributed by atoms with Gasteiger partial charge >= 0.3 is 0 Å². The summed E-state index contributed by atoms with van der Waals surface area (Å²) >= 11 is 0. The zero-order valence-corrected chi connectivity index (χ0v) is 14.5. The van der Waals surface area contributed by atoms with Crippen molar-refractivity contribution < 1.29 is 4.79 Å². The van der Waals surface area contributed by atoms with Crippen LogP contribution < -0.4 is 10.2 Å². The third kappa shape index (κ3) is 3.91. The van der Waals surface area contributed by atoms with Crippen LogP contribution in [0, 0.1) is 12.8 Å². The molecule has 1 aromatic heterocycles. The van der Waals surface area contributed by atoms with Crippen molar-refractivity contribution in [3.63, 3.8) is 0 Å². The molecule has 1 fully saturated rings. The van der Waals surface area contributed by atoms with Crippen molar-refractivity contribution in [3.8, 4) is 0 Å². The summed E-state index contributed by atoms with van der Waals surface area (Å²) in [6.07, 6.45) is 2.45. The molecule has 0 radical (unpaired) electrons. The predicted molar refractivity (Wildman–Crippen MR) is 97.1 cm³/mol. The second-order valence-corrected chi connectivity index (χ2v) is 6.65. The van der Waals surface area contributed by atoms with Crippen LogP contribution in [0.4, 0.5) is 17.5 Å². The molecule has 1 saturated heterocycles. The van der Waals surface area contributed by atoms with Gasteiger partial charge in [0.1, 0.15) is 5.82 Å². The first-order valence-corrected chi connectivity index (χ1v) is 8.50. The summed E-state index contributed by atoms with van der Waals surface area (Å²) in [6, 6.07) is 9.41. The quantitative estimate of drug-likeness (QED) is 0.863. The number of anilines is 3. The van der Waals surface area contributed by atoms with Gasteiger partial charge in [-0.25, -0.2) is 4.98 Å². The van der Waals surface area contributed by atoms with Crippen LogP contribution in [0.1, 0.15) is 42.7 Å². The molecule has 0 aliphatic carbocycles. The molecule has 0 spiro atoms. The maximum absolute atomic E-state index is 11.5. The van der Waals surface area contributed by atoms with Gasteiger partial charge in [0.15, 0.2) is 5.78 Å². The number of nitrogens with one attached hydrogen (secondary N) is 1. The Bertz CT molecular complexity index is 744. The molecule has 1 aromatic carbocycles. The van der Waals surface area contributed by atoms with Gasteiger partial charge in [-0.3, -0.25) is 4.79 Å². The normalized spacial score (nSPS) is 17.6. The minimum Gasteiger partial charge on any atom is -0.340 e. The zero-order chi connectivity index (χ0) is 17.1. The van der Waals surface area contributed by atoms with Crippen molar-refractivity contribution in [2.45, 2.75) is 33.6 Å². The molecule has 126 valence electrons. The molecular formula is C19H24N4O. The van der Waals surface area contributed by atoms with E-state index in [4.69, 9.17) is 0 Å². The summed E-state index contributed by atoms with van der Waals surface area (Å²) in [5.41, 5.74) is 2.48. The third-order valence-corrected chi connectivity index (χ3v) is 4.32. The monoisotopic (exact) mass is 324 g/mol. The van der Waals surface area contributed by atoms with Crippen molar-refractivity contribution in [2.24, 2.45) is 5.92 Å². The number of rotatable bonds is 4. The first kappa shape index (κ1) is 16.4. The molecule has 2 aromatic rings. The number of Topliss-reactive ketones (excluding diaryl/α,β-unsaturated/α-hetero) is 1. The first-order valence-electron chi connectivity index (χ1n) is 8.50. The van der Waals surface area contributed by atoms with Crippen molar-refractivity contribution in [1.82, 2.24) is 9.97 Å². The Kier molecular flexibility index (Phi) is 4.79. The second kappa shape index (κ2) is 6.99. The van der Waals surface area contributed by atoms with Crippen LogP contribution in [0.25, 0.3) is 0 Å². The number of carbonyl (C=O) groups is 1. The van der Waals surface area contributed by atoms with Crippen LogP contribution in [0.3, 0.4) is 0 Å². The number of aromatic nitrogens is 2. The number of hydrogen-bond donors (Lipinski definition) is 1. The van der Waals surface area contributed by atoms with E-state index in [9.17, 15) is 4.79 Å². The number of aryl methyl sites for hydroxylation is 1. The smallest absolute Gasteiger partial charge is 0.227 e. The van der Waals surface area contributed by atoms with Crippen LogP contribution in [0.2, 0.25) is 0 Å². The number of benzene rings is 1. The van der Waals surface area contributed by atoms with Crippen molar-refractivity contribution in [3.05, 3.63) is 41.6 Å². The molecular weight excluding hydrogens is 300 g/mol. The average Bonchev–Trinajstić information content (AvgIpc) is 2.54. The molecule has 1 unspecified atom stereocenters. The number of nitrogens with zero attached hydrogens (tertiary/aromatic N) is 3. The summed E-state index contributed by atoms with van der Waals surface area (Å²) in [7, 11) is 0. The number of hydrogen-bond acceptors (Lipinski definition) is 5. The van der Waals surface area contributed by atoms with Crippen molar-refractivity contribution in [1.29, 1.82) is 0 Å². The van der Waals surface area contributed by atoms with Crippen molar-refractivity contribution in [2.75, 3.05) is 23.3 Å². The van der Waals surface area contributed by atoms with Gasteiger partial charge < -0.3 is 10.2 Å². The molecule has 0 bridgehead atoms. The Morgan fingerprint density at radius 2 is 2.12 bits per heavy atom. The van der Waals surface area contributed by atoms with E-state index < -0.39 is 0 Å². The highest BCUT2D eigenvalue weighted by Gasteiger charge is 2.19. The predicted octanol–water partition coefficient (Wildman–Crippen LogP) is 3.97. The number of carbonyl (C=O) groups excluding carboxylic acids is 1. The maximum atomic E-state index is 11.5.